The highest BCUT2D eigenvalue weighted by Gasteiger charge is 2.21. The average Bonchev–Trinajstić information content (AvgIpc) is 3.10. The molecule has 0 aliphatic carbocycles. The molecule has 1 fully saturated rings. The van der Waals surface area contributed by atoms with Gasteiger partial charge >= 0.3 is 6.03 Å². The Morgan fingerprint density at radius 2 is 2.08 bits per heavy atom. The normalized spacial score (nSPS) is 16.9. The van der Waals surface area contributed by atoms with Crippen LogP contribution in [0.15, 0.2) is 24.3 Å². The minimum absolute atomic E-state index is 0.00818. The van der Waals surface area contributed by atoms with Gasteiger partial charge in [0.05, 0.1) is 6.10 Å². The quantitative estimate of drug-likeness (QED) is 0.795. The van der Waals surface area contributed by atoms with Crippen LogP contribution in [0, 0.1) is 6.92 Å². The molecule has 1 aromatic carbocycles. The summed E-state index contributed by atoms with van der Waals surface area (Å²) < 4.78 is 5.64. The van der Waals surface area contributed by atoms with Gasteiger partial charge in [0.1, 0.15) is 0 Å². The zero-order valence-corrected chi connectivity index (χ0v) is 15.3. The summed E-state index contributed by atoms with van der Waals surface area (Å²) in [5, 5.41) is 3.05. The van der Waals surface area contributed by atoms with Crippen LogP contribution in [0.25, 0.3) is 0 Å². The number of urea groups is 1. The SMILES string of the molecule is CCN(CC1CCCO1)C(=O)NCCN(CC)c1ccccc1C. The summed E-state index contributed by atoms with van der Waals surface area (Å²) in [6, 6.07) is 8.38. The van der Waals surface area contributed by atoms with Crippen molar-refractivity contribution < 1.29 is 9.53 Å². The van der Waals surface area contributed by atoms with E-state index in [1.54, 1.807) is 0 Å². The fourth-order valence-corrected chi connectivity index (χ4v) is 3.17. The number of ether oxygens (including phenoxy) is 1. The summed E-state index contributed by atoms with van der Waals surface area (Å²) in [4.78, 5) is 16.5. The molecule has 134 valence electrons. The molecule has 0 aromatic heterocycles. The van der Waals surface area contributed by atoms with E-state index in [0.29, 0.717) is 19.6 Å². The van der Waals surface area contributed by atoms with E-state index in [-0.39, 0.29) is 12.1 Å². The van der Waals surface area contributed by atoms with Crippen LogP contribution in [-0.2, 0) is 4.74 Å². The Labute approximate surface area is 146 Å². The van der Waals surface area contributed by atoms with E-state index in [1.807, 2.05) is 11.8 Å². The lowest BCUT2D eigenvalue weighted by Gasteiger charge is -2.27. The summed E-state index contributed by atoms with van der Waals surface area (Å²) in [7, 11) is 0. The Morgan fingerprint density at radius 1 is 1.29 bits per heavy atom. The zero-order chi connectivity index (χ0) is 17.4. The number of nitrogens with one attached hydrogen (secondary N) is 1. The summed E-state index contributed by atoms with van der Waals surface area (Å²) in [6.07, 6.45) is 2.36. The Morgan fingerprint density at radius 3 is 2.71 bits per heavy atom. The van der Waals surface area contributed by atoms with Gasteiger partial charge in [-0.2, -0.15) is 0 Å². The highest BCUT2D eigenvalue weighted by molar-refractivity contribution is 5.74. The van der Waals surface area contributed by atoms with Crippen molar-refractivity contribution in [3.8, 4) is 0 Å². The molecular formula is C19H31N3O2. The number of hydrogen-bond acceptors (Lipinski definition) is 3. The predicted octanol–water partition coefficient (Wildman–Crippen LogP) is 3.03. The number of para-hydroxylation sites is 1. The van der Waals surface area contributed by atoms with Crippen LogP contribution in [0.1, 0.15) is 32.3 Å². The third kappa shape index (κ3) is 5.13. The van der Waals surface area contributed by atoms with E-state index >= 15 is 0 Å². The minimum atomic E-state index is 0.00818. The molecule has 1 unspecified atom stereocenters. The van der Waals surface area contributed by atoms with Crippen LogP contribution >= 0.6 is 0 Å². The smallest absolute Gasteiger partial charge is 0.317 e. The van der Waals surface area contributed by atoms with Crippen molar-refractivity contribution in [2.24, 2.45) is 0 Å². The number of aryl methyl sites for hydroxylation is 1. The molecule has 1 N–H and O–H groups in total. The average molecular weight is 333 g/mol. The number of carbonyl (C=O) groups excluding carboxylic acids is 1. The third-order valence-electron chi connectivity index (χ3n) is 4.61. The van der Waals surface area contributed by atoms with Crippen LogP contribution in [0.2, 0.25) is 0 Å². The Balaban J connectivity index is 1.80. The Kier molecular flexibility index (Phi) is 7.37. The van der Waals surface area contributed by atoms with E-state index in [9.17, 15) is 4.79 Å². The first kappa shape index (κ1) is 18.6. The molecule has 2 amide bonds. The van der Waals surface area contributed by atoms with E-state index in [1.165, 1.54) is 11.3 Å². The Hall–Kier alpha value is -1.75. The fourth-order valence-electron chi connectivity index (χ4n) is 3.17. The maximum atomic E-state index is 12.4. The molecule has 1 aliphatic heterocycles. The Bertz CT molecular complexity index is 515. The van der Waals surface area contributed by atoms with Crippen molar-refractivity contribution in [2.45, 2.75) is 39.7 Å². The fraction of sp³-hybridized carbons (Fsp3) is 0.632. The maximum Gasteiger partial charge on any atom is 0.317 e. The minimum Gasteiger partial charge on any atom is -0.376 e. The molecule has 0 saturated carbocycles. The van der Waals surface area contributed by atoms with Gasteiger partial charge in [0.2, 0.25) is 0 Å². The van der Waals surface area contributed by atoms with Crippen LogP contribution in [0.4, 0.5) is 10.5 Å². The third-order valence-corrected chi connectivity index (χ3v) is 4.61. The summed E-state index contributed by atoms with van der Waals surface area (Å²) in [5.74, 6) is 0. The first-order valence-electron chi connectivity index (χ1n) is 9.10. The molecule has 0 bridgehead atoms. The second-order valence-corrected chi connectivity index (χ2v) is 6.27. The van der Waals surface area contributed by atoms with Gasteiger partial charge < -0.3 is 19.9 Å². The molecule has 0 spiro atoms. The lowest BCUT2D eigenvalue weighted by molar-refractivity contribution is 0.0827. The van der Waals surface area contributed by atoms with Gasteiger partial charge in [-0.15, -0.1) is 0 Å². The van der Waals surface area contributed by atoms with E-state index in [0.717, 1.165) is 32.5 Å². The van der Waals surface area contributed by atoms with Crippen molar-refractivity contribution >= 4 is 11.7 Å². The van der Waals surface area contributed by atoms with Gasteiger partial charge in [0.15, 0.2) is 0 Å². The van der Waals surface area contributed by atoms with Crippen molar-refractivity contribution in [3.05, 3.63) is 29.8 Å². The first-order valence-corrected chi connectivity index (χ1v) is 9.10. The van der Waals surface area contributed by atoms with Crippen LogP contribution in [0.5, 0.6) is 0 Å². The standard InChI is InChI=1S/C19H31N3O2/c1-4-21(18-11-7-6-9-16(18)3)13-12-20-19(23)22(5-2)15-17-10-8-14-24-17/h6-7,9,11,17H,4-5,8,10,12-15H2,1-3H3,(H,20,23). The second-order valence-electron chi connectivity index (χ2n) is 6.27. The van der Waals surface area contributed by atoms with Crippen LogP contribution < -0.4 is 10.2 Å². The number of hydrogen-bond donors (Lipinski definition) is 1. The van der Waals surface area contributed by atoms with Crippen molar-refractivity contribution in [3.63, 3.8) is 0 Å². The number of nitrogens with zero attached hydrogens (tertiary/aromatic N) is 2. The van der Waals surface area contributed by atoms with E-state index in [2.05, 4.69) is 48.3 Å². The van der Waals surface area contributed by atoms with Gasteiger partial charge in [0, 0.05) is 45.0 Å². The van der Waals surface area contributed by atoms with Crippen LogP contribution in [-0.4, -0.2) is 56.4 Å². The number of anilines is 1. The molecule has 24 heavy (non-hydrogen) atoms. The predicted molar refractivity (Wildman–Crippen MR) is 98.7 cm³/mol. The van der Waals surface area contributed by atoms with Crippen molar-refractivity contribution in [2.75, 3.05) is 44.2 Å². The monoisotopic (exact) mass is 333 g/mol. The molecular weight excluding hydrogens is 302 g/mol. The first-order chi connectivity index (χ1) is 11.7. The second kappa shape index (κ2) is 9.52. The lowest BCUT2D eigenvalue weighted by atomic mass is 10.2. The molecule has 1 heterocycles. The topological polar surface area (TPSA) is 44.8 Å². The van der Waals surface area contributed by atoms with E-state index in [4.69, 9.17) is 4.74 Å². The van der Waals surface area contributed by atoms with Gasteiger partial charge in [0.25, 0.3) is 0 Å². The van der Waals surface area contributed by atoms with Crippen molar-refractivity contribution in [1.82, 2.24) is 10.2 Å². The largest absolute Gasteiger partial charge is 0.376 e. The summed E-state index contributed by atoms with van der Waals surface area (Å²) in [6.45, 7) is 10.9. The van der Waals surface area contributed by atoms with Gasteiger partial charge in [-0.3, -0.25) is 0 Å². The lowest BCUT2D eigenvalue weighted by Crippen LogP contribution is -2.45. The number of benzene rings is 1. The number of likely N-dealkylation sites (N-methyl/N-ethyl adjacent to an activating group) is 2. The molecule has 5 heteroatoms. The van der Waals surface area contributed by atoms with E-state index < -0.39 is 0 Å². The molecule has 1 saturated heterocycles. The van der Waals surface area contributed by atoms with Gasteiger partial charge in [-0.1, -0.05) is 18.2 Å². The highest BCUT2D eigenvalue weighted by atomic mass is 16.5. The summed E-state index contributed by atoms with van der Waals surface area (Å²) >= 11 is 0. The molecule has 1 aliphatic rings. The molecule has 2 rings (SSSR count). The molecule has 1 atom stereocenters. The molecule has 5 nitrogen and oxygen atoms in total. The number of rotatable bonds is 8. The van der Waals surface area contributed by atoms with Gasteiger partial charge in [-0.05, 0) is 45.2 Å². The number of amides is 2. The number of carbonyl (C=O) groups is 1. The van der Waals surface area contributed by atoms with Crippen molar-refractivity contribution in [1.29, 1.82) is 0 Å². The van der Waals surface area contributed by atoms with Crippen LogP contribution in [0.3, 0.4) is 0 Å². The zero-order valence-electron chi connectivity index (χ0n) is 15.3. The van der Waals surface area contributed by atoms with Gasteiger partial charge in [-0.25, -0.2) is 4.79 Å². The molecule has 0 radical (unpaired) electrons. The highest BCUT2D eigenvalue weighted by Crippen LogP contribution is 2.18. The maximum absolute atomic E-state index is 12.4. The summed E-state index contributed by atoms with van der Waals surface area (Å²) in [5.41, 5.74) is 2.50. The molecule has 1 aromatic rings.